The summed E-state index contributed by atoms with van der Waals surface area (Å²) >= 11 is 1.89. The van der Waals surface area contributed by atoms with Crippen molar-refractivity contribution < 1.29 is 0 Å². The van der Waals surface area contributed by atoms with E-state index in [0.717, 1.165) is 12.2 Å². The molecule has 0 amide bonds. The molecule has 0 saturated carbocycles. The van der Waals surface area contributed by atoms with Crippen LogP contribution in [0.15, 0.2) is 59.7 Å². The molecule has 5 heteroatoms. The van der Waals surface area contributed by atoms with E-state index in [-0.39, 0.29) is 12.1 Å². The Balaban J connectivity index is 1.62. The van der Waals surface area contributed by atoms with Gasteiger partial charge in [-0.05, 0) is 56.7 Å². The summed E-state index contributed by atoms with van der Waals surface area (Å²) in [5.41, 5.74) is 7.45. The van der Waals surface area contributed by atoms with Crippen molar-refractivity contribution in [3.05, 3.63) is 82.9 Å². The van der Waals surface area contributed by atoms with E-state index in [2.05, 4.69) is 84.6 Å². The first-order valence-corrected chi connectivity index (χ1v) is 11.1. The first kappa shape index (κ1) is 18.5. The zero-order chi connectivity index (χ0) is 20.1. The summed E-state index contributed by atoms with van der Waals surface area (Å²) in [5.74, 6) is 0. The van der Waals surface area contributed by atoms with E-state index in [1.807, 2.05) is 24.0 Å². The van der Waals surface area contributed by atoms with Crippen molar-refractivity contribution in [2.75, 3.05) is 6.54 Å². The van der Waals surface area contributed by atoms with Crippen molar-refractivity contribution in [2.45, 2.75) is 45.0 Å². The summed E-state index contributed by atoms with van der Waals surface area (Å²) in [6.45, 7) is 9.89. The fourth-order valence-electron chi connectivity index (χ4n) is 4.63. The van der Waals surface area contributed by atoms with Gasteiger partial charge in [-0.15, -0.1) is 0 Å². The van der Waals surface area contributed by atoms with Gasteiger partial charge in [-0.1, -0.05) is 42.4 Å². The molecule has 2 aliphatic heterocycles. The lowest BCUT2D eigenvalue weighted by atomic mass is 9.96. The van der Waals surface area contributed by atoms with Gasteiger partial charge in [-0.2, -0.15) is 0 Å². The summed E-state index contributed by atoms with van der Waals surface area (Å²) in [6, 6.07) is 17.5. The Hall–Kier alpha value is -2.53. The number of fused-ring (bicyclic) bond motifs is 1. The Morgan fingerprint density at radius 3 is 2.55 bits per heavy atom. The van der Waals surface area contributed by atoms with Crippen LogP contribution < -0.4 is 0 Å². The molecule has 0 spiro atoms. The lowest BCUT2D eigenvalue weighted by molar-refractivity contribution is 0.320. The number of hydrogen-bond acceptors (Lipinski definition) is 4. The van der Waals surface area contributed by atoms with Gasteiger partial charge in [-0.3, -0.25) is 9.98 Å². The highest BCUT2D eigenvalue weighted by Gasteiger charge is 2.44. The summed E-state index contributed by atoms with van der Waals surface area (Å²) in [5, 5.41) is 1.74. The number of hydrogen-bond donors (Lipinski definition) is 0. The number of pyridine rings is 1. The summed E-state index contributed by atoms with van der Waals surface area (Å²) in [4.78, 5) is 12.3. The molecule has 1 saturated heterocycles. The first-order valence-electron chi connectivity index (χ1n) is 10.2. The molecule has 148 valence electrons. The number of aromatic nitrogens is 2. The van der Waals surface area contributed by atoms with Gasteiger partial charge in [0.1, 0.15) is 6.04 Å². The third kappa shape index (κ3) is 3.08. The van der Waals surface area contributed by atoms with E-state index in [9.17, 15) is 0 Å². The maximum Gasteiger partial charge on any atom is 0.160 e. The van der Waals surface area contributed by atoms with E-state index < -0.39 is 0 Å². The lowest BCUT2D eigenvalue weighted by Gasteiger charge is -2.27. The minimum Gasteiger partial charge on any atom is -0.341 e. The maximum absolute atomic E-state index is 5.13. The zero-order valence-electron chi connectivity index (χ0n) is 17.3. The molecule has 4 nitrogen and oxygen atoms in total. The van der Waals surface area contributed by atoms with Crippen LogP contribution >= 0.6 is 11.8 Å². The summed E-state index contributed by atoms with van der Waals surface area (Å²) in [7, 11) is 0. The molecule has 2 aromatic heterocycles. The van der Waals surface area contributed by atoms with Gasteiger partial charge < -0.3 is 9.47 Å². The average Bonchev–Trinajstić information content (AvgIpc) is 3.33. The third-order valence-corrected chi connectivity index (χ3v) is 7.06. The van der Waals surface area contributed by atoms with Crippen LogP contribution in [-0.2, 0) is 0 Å². The van der Waals surface area contributed by atoms with E-state index >= 15 is 0 Å². The number of amidine groups is 1. The topological polar surface area (TPSA) is 33.4 Å². The third-order valence-electron chi connectivity index (χ3n) is 5.96. The predicted octanol–water partition coefficient (Wildman–Crippen LogP) is 5.39. The molecule has 4 heterocycles. The fourth-order valence-corrected chi connectivity index (χ4v) is 5.73. The highest BCUT2D eigenvalue weighted by Crippen LogP contribution is 2.48. The largest absolute Gasteiger partial charge is 0.341 e. The van der Waals surface area contributed by atoms with Crippen LogP contribution in [-0.4, -0.2) is 31.4 Å². The summed E-state index contributed by atoms with van der Waals surface area (Å²) in [6.07, 6.45) is 1.88. The Kier molecular flexibility index (Phi) is 4.50. The molecule has 0 aliphatic carbocycles. The Morgan fingerprint density at radius 2 is 1.83 bits per heavy atom. The molecular weight excluding hydrogens is 376 g/mol. The van der Waals surface area contributed by atoms with Gasteiger partial charge in [0, 0.05) is 35.1 Å². The number of aliphatic imine (C=N–C) groups is 1. The molecule has 5 rings (SSSR count). The van der Waals surface area contributed by atoms with E-state index in [1.54, 1.807) is 0 Å². The van der Waals surface area contributed by atoms with Crippen LogP contribution in [0.2, 0.25) is 0 Å². The van der Waals surface area contributed by atoms with Crippen molar-refractivity contribution in [3.8, 4) is 5.69 Å². The number of benzene rings is 1. The second-order valence-corrected chi connectivity index (χ2v) is 9.54. The van der Waals surface area contributed by atoms with Crippen LogP contribution in [0.1, 0.15) is 47.2 Å². The molecule has 0 unspecified atom stereocenters. The Labute approximate surface area is 176 Å². The fraction of sp³-hybridized carbons (Fsp3) is 0.333. The van der Waals surface area contributed by atoms with Crippen LogP contribution in [0.5, 0.6) is 0 Å². The number of nitrogens with zero attached hydrogens (tertiary/aromatic N) is 4. The monoisotopic (exact) mass is 402 g/mol. The van der Waals surface area contributed by atoms with Crippen molar-refractivity contribution in [3.63, 3.8) is 0 Å². The standard InChI is InChI=1S/C24H26N4S/c1-15-8-10-19(11-9-15)28-16(2)13-20(18(28)4)23-22(21-7-5-6-12-25-21)26-24-27(23)14-17(3)29-24/h5-13,17,22-23H,14H2,1-4H3/t17-,22+,23+/m0/s1. The number of thioether (sulfide) groups is 1. The van der Waals surface area contributed by atoms with Gasteiger partial charge in [0.2, 0.25) is 0 Å². The molecular formula is C24H26N4S. The van der Waals surface area contributed by atoms with Crippen molar-refractivity contribution in [2.24, 2.45) is 4.99 Å². The Bertz CT molecular complexity index is 1070. The number of rotatable bonds is 3. The van der Waals surface area contributed by atoms with Crippen LogP contribution in [0.4, 0.5) is 0 Å². The van der Waals surface area contributed by atoms with Crippen molar-refractivity contribution in [1.82, 2.24) is 14.5 Å². The Morgan fingerprint density at radius 1 is 1.03 bits per heavy atom. The van der Waals surface area contributed by atoms with Gasteiger partial charge in [0.15, 0.2) is 5.17 Å². The van der Waals surface area contributed by atoms with Gasteiger partial charge in [-0.25, -0.2) is 0 Å². The second kappa shape index (κ2) is 7.06. The molecule has 2 aliphatic rings. The highest BCUT2D eigenvalue weighted by molar-refractivity contribution is 8.14. The molecule has 3 aromatic rings. The van der Waals surface area contributed by atoms with E-state index in [1.165, 1.54) is 33.4 Å². The molecule has 0 radical (unpaired) electrons. The minimum atomic E-state index is 0.0400. The molecule has 0 N–H and O–H groups in total. The number of aryl methyl sites for hydroxylation is 2. The smallest absolute Gasteiger partial charge is 0.160 e. The van der Waals surface area contributed by atoms with Crippen molar-refractivity contribution in [1.29, 1.82) is 0 Å². The van der Waals surface area contributed by atoms with E-state index in [4.69, 9.17) is 4.99 Å². The highest BCUT2D eigenvalue weighted by atomic mass is 32.2. The molecule has 3 atom stereocenters. The molecule has 0 bridgehead atoms. The quantitative estimate of drug-likeness (QED) is 0.589. The van der Waals surface area contributed by atoms with E-state index in [0.29, 0.717) is 5.25 Å². The van der Waals surface area contributed by atoms with Crippen LogP contribution in [0, 0.1) is 20.8 Å². The molecule has 1 fully saturated rings. The predicted molar refractivity (Wildman–Crippen MR) is 121 cm³/mol. The first-order chi connectivity index (χ1) is 14.0. The minimum absolute atomic E-state index is 0.0400. The maximum atomic E-state index is 5.13. The summed E-state index contributed by atoms with van der Waals surface area (Å²) < 4.78 is 2.37. The zero-order valence-corrected chi connectivity index (χ0v) is 18.1. The molecule has 29 heavy (non-hydrogen) atoms. The molecule has 1 aromatic carbocycles. The van der Waals surface area contributed by atoms with Gasteiger partial charge in [0.05, 0.1) is 11.7 Å². The van der Waals surface area contributed by atoms with Gasteiger partial charge in [0.25, 0.3) is 0 Å². The van der Waals surface area contributed by atoms with Crippen LogP contribution in [0.25, 0.3) is 5.69 Å². The van der Waals surface area contributed by atoms with Gasteiger partial charge >= 0.3 is 0 Å². The second-order valence-electron chi connectivity index (χ2n) is 8.13. The average molecular weight is 403 g/mol. The normalized spacial score (nSPS) is 23.4. The SMILES string of the molecule is Cc1ccc(-n2c(C)cc([C@@H]3[C@@H](c4ccccn4)N=C4S[C@@H](C)CN43)c2C)cc1. The lowest BCUT2D eigenvalue weighted by Crippen LogP contribution is -2.28. The van der Waals surface area contributed by atoms with Crippen LogP contribution in [0.3, 0.4) is 0 Å². The van der Waals surface area contributed by atoms with Crippen molar-refractivity contribution >= 4 is 16.9 Å².